The van der Waals surface area contributed by atoms with Crippen LogP contribution in [0.3, 0.4) is 0 Å². The molecule has 1 aromatic rings. The van der Waals surface area contributed by atoms with Gasteiger partial charge in [-0.1, -0.05) is 0 Å². The Bertz CT molecular complexity index is 315. The fourth-order valence-corrected chi connectivity index (χ4v) is 2.23. The number of thioether (sulfide) groups is 1. The monoisotopic (exact) mass is 228 g/mol. The number of fused-ring (bicyclic) bond motifs is 1. The third-order valence-electron chi connectivity index (χ3n) is 1.87. The smallest absolute Gasteiger partial charge is 0.162 e. The molecule has 0 saturated heterocycles. The van der Waals surface area contributed by atoms with E-state index in [-0.39, 0.29) is 0 Å². The topological polar surface area (TPSA) is 18.5 Å². The maximum atomic E-state index is 5.49. The van der Waals surface area contributed by atoms with E-state index >= 15 is 0 Å². The summed E-state index contributed by atoms with van der Waals surface area (Å²) in [5.41, 5.74) is 0. The Morgan fingerprint density at radius 1 is 1.21 bits per heavy atom. The molecule has 0 saturated carbocycles. The van der Waals surface area contributed by atoms with Crippen molar-refractivity contribution in [2.45, 2.75) is 4.90 Å². The van der Waals surface area contributed by atoms with Crippen molar-refractivity contribution in [3.8, 4) is 11.5 Å². The van der Waals surface area contributed by atoms with Gasteiger partial charge in [-0.3, -0.25) is 0 Å². The number of benzene rings is 1. The molecule has 2 rings (SSSR count). The molecule has 0 atom stereocenters. The summed E-state index contributed by atoms with van der Waals surface area (Å²) in [5, 5.41) is 0. The molecule has 0 fully saturated rings. The molecule has 76 valence electrons. The lowest BCUT2D eigenvalue weighted by molar-refractivity contribution is 0.171. The molecule has 0 aromatic heterocycles. The van der Waals surface area contributed by atoms with E-state index in [1.807, 2.05) is 12.1 Å². The zero-order valence-corrected chi connectivity index (χ0v) is 9.44. The van der Waals surface area contributed by atoms with E-state index in [9.17, 15) is 0 Å². The van der Waals surface area contributed by atoms with Crippen molar-refractivity contribution in [1.29, 1.82) is 0 Å². The van der Waals surface area contributed by atoms with Crippen molar-refractivity contribution in [1.82, 2.24) is 0 Å². The Morgan fingerprint density at radius 2 is 2.00 bits per heavy atom. The molecule has 2 nitrogen and oxygen atoms in total. The van der Waals surface area contributed by atoms with Crippen LogP contribution in [0.1, 0.15) is 0 Å². The molecule has 0 aliphatic carbocycles. The fourth-order valence-electron chi connectivity index (χ4n) is 1.28. The molecule has 14 heavy (non-hydrogen) atoms. The molecule has 0 spiro atoms. The molecule has 4 heteroatoms. The first-order valence-electron chi connectivity index (χ1n) is 4.53. The molecular weight excluding hydrogens is 216 g/mol. The lowest BCUT2D eigenvalue weighted by Crippen LogP contribution is -2.15. The van der Waals surface area contributed by atoms with Crippen molar-refractivity contribution in [2.75, 3.05) is 24.7 Å². The number of rotatable bonds is 3. The Balaban J connectivity index is 2.12. The van der Waals surface area contributed by atoms with Crippen molar-refractivity contribution < 1.29 is 9.47 Å². The van der Waals surface area contributed by atoms with Crippen molar-refractivity contribution in [3.05, 3.63) is 18.2 Å². The maximum absolute atomic E-state index is 5.49. The summed E-state index contributed by atoms with van der Waals surface area (Å²) in [7, 11) is 0. The highest BCUT2D eigenvalue weighted by atomic mass is 32.2. The van der Waals surface area contributed by atoms with Gasteiger partial charge in [0.1, 0.15) is 13.2 Å². The summed E-state index contributed by atoms with van der Waals surface area (Å²) in [6, 6.07) is 6.06. The minimum atomic E-state index is 0.647. The standard InChI is InChI=1S/C10H12O2S2/c13-5-6-14-8-1-2-9-10(7-8)12-4-3-11-9/h1-2,7,13H,3-6H2. The number of hydrogen-bond acceptors (Lipinski definition) is 4. The van der Waals surface area contributed by atoms with Crippen LogP contribution < -0.4 is 9.47 Å². The van der Waals surface area contributed by atoms with Crippen LogP contribution in [0.15, 0.2) is 23.1 Å². The number of thiol groups is 1. The quantitative estimate of drug-likeness (QED) is 0.633. The van der Waals surface area contributed by atoms with Gasteiger partial charge in [-0.15, -0.1) is 11.8 Å². The molecule has 0 unspecified atom stereocenters. The van der Waals surface area contributed by atoms with Gasteiger partial charge in [0.05, 0.1) is 0 Å². The zero-order valence-electron chi connectivity index (χ0n) is 7.73. The van der Waals surface area contributed by atoms with E-state index in [0.717, 1.165) is 23.0 Å². The van der Waals surface area contributed by atoms with Gasteiger partial charge in [0.2, 0.25) is 0 Å². The third kappa shape index (κ3) is 2.30. The molecule has 1 heterocycles. The number of ether oxygens (including phenoxy) is 2. The van der Waals surface area contributed by atoms with Crippen LogP contribution in [0, 0.1) is 0 Å². The second-order valence-corrected chi connectivity index (χ2v) is 4.49. The Labute approximate surface area is 93.4 Å². The van der Waals surface area contributed by atoms with Gasteiger partial charge in [-0.2, -0.15) is 12.6 Å². The first kappa shape index (κ1) is 10.1. The van der Waals surface area contributed by atoms with Crippen LogP contribution in [0.4, 0.5) is 0 Å². The maximum Gasteiger partial charge on any atom is 0.162 e. The third-order valence-corrected chi connectivity index (χ3v) is 3.40. The van der Waals surface area contributed by atoms with Gasteiger partial charge in [0.25, 0.3) is 0 Å². The first-order chi connectivity index (χ1) is 6.90. The van der Waals surface area contributed by atoms with E-state index < -0.39 is 0 Å². The van der Waals surface area contributed by atoms with Crippen LogP contribution in [-0.4, -0.2) is 24.7 Å². The highest BCUT2D eigenvalue weighted by molar-refractivity contribution is 8.00. The van der Waals surface area contributed by atoms with E-state index in [1.54, 1.807) is 11.8 Å². The summed E-state index contributed by atoms with van der Waals surface area (Å²) >= 11 is 5.95. The molecule has 1 aromatic carbocycles. The fraction of sp³-hybridized carbons (Fsp3) is 0.400. The minimum absolute atomic E-state index is 0.647. The van der Waals surface area contributed by atoms with Crippen LogP contribution in [0.5, 0.6) is 11.5 Å². The molecular formula is C10H12O2S2. The van der Waals surface area contributed by atoms with Gasteiger partial charge in [-0.05, 0) is 24.0 Å². The SMILES string of the molecule is SCCSc1ccc2c(c1)OCCO2. The molecule has 0 bridgehead atoms. The number of hydrogen-bond donors (Lipinski definition) is 1. The van der Waals surface area contributed by atoms with Gasteiger partial charge in [0.15, 0.2) is 11.5 Å². The molecule has 1 aliphatic rings. The van der Waals surface area contributed by atoms with Gasteiger partial charge >= 0.3 is 0 Å². The van der Waals surface area contributed by atoms with Crippen LogP contribution in [0.2, 0.25) is 0 Å². The first-order valence-corrected chi connectivity index (χ1v) is 6.15. The summed E-state index contributed by atoms with van der Waals surface area (Å²) in [6.45, 7) is 1.30. The summed E-state index contributed by atoms with van der Waals surface area (Å²) < 4.78 is 10.9. The summed E-state index contributed by atoms with van der Waals surface area (Å²) in [5.74, 6) is 3.62. The predicted molar refractivity (Wildman–Crippen MR) is 62.0 cm³/mol. The molecule has 1 aliphatic heterocycles. The van der Waals surface area contributed by atoms with E-state index in [2.05, 4.69) is 18.7 Å². The second kappa shape index (κ2) is 4.84. The highest BCUT2D eigenvalue weighted by Gasteiger charge is 2.11. The lowest BCUT2D eigenvalue weighted by atomic mass is 10.3. The Hall–Kier alpha value is -0.480. The Kier molecular flexibility index (Phi) is 3.48. The van der Waals surface area contributed by atoms with Crippen LogP contribution in [0.25, 0.3) is 0 Å². The van der Waals surface area contributed by atoms with Gasteiger partial charge in [0, 0.05) is 10.6 Å². The summed E-state index contributed by atoms with van der Waals surface area (Å²) in [4.78, 5) is 1.21. The van der Waals surface area contributed by atoms with Crippen molar-refractivity contribution >= 4 is 24.4 Å². The minimum Gasteiger partial charge on any atom is -0.486 e. The Morgan fingerprint density at radius 3 is 2.79 bits per heavy atom. The molecule has 0 N–H and O–H groups in total. The van der Waals surface area contributed by atoms with Crippen LogP contribution in [-0.2, 0) is 0 Å². The van der Waals surface area contributed by atoms with E-state index in [0.29, 0.717) is 13.2 Å². The largest absolute Gasteiger partial charge is 0.486 e. The predicted octanol–water partition coefficient (Wildman–Crippen LogP) is 2.48. The van der Waals surface area contributed by atoms with Gasteiger partial charge < -0.3 is 9.47 Å². The molecule has 0 radical (unpaired) electrons. The van der Waals surface area contributed by atoms with Gasteiger partial charge in [-0.25, -0.2) is 0 Å². The molecule has 0 amide bonds. The highest BCUT2D eigenvalue weighted by Crippen LogP contribution is 2.33. The van der Waals surface area contributed by atoms with Crippen LogP contribution >= 0.6 is 24.4 Å². The average molecular weight is 228 g/mol. The van der Waals surface area contributed by atoms with Crippen molar-refractivity contribution in [2.24, 2.45) is 0 Å². The second-order valence-electron chi connectivity index (χ2n) is 2.88. The zero-order chi connectivity index (χ0) is 9.80. The van der Waals surface area contributed by atoms with E-state index in [1.165, 1.54) is 4.90 Å². The average Bonchev–Trinajstić information content (AvgIpc) is 2.26. The summed E-state index contributed by atoms with van der Waals surface area (Å²) in [6.07, 6.45) is 0. The normalized spacial score (nSPS) is 14.1. The van der Waals surface area contributed by atoms with E-state index in [4.69, 9.17) is 9.47 Å². The lowest BCUT2D eigenvalue weighted by Gasteiger charge is -2.18. The van der Waals surface area contributed by atoms with Crippen molar-refractivity contribution in [3.63, 3.8) is 0 Å².